The quantitative estimate of drug-likeness (QED) is 0.824. The van der Waals surface area contributed by atoms with E-state index in [0.717, 1.165) is 31.0 Å². The molecule has 18 heavy (non-hydrogen) atoms. The fourth-order valence-electron chi connectivity index (χ4n) is 1.87. The Morgan fingerprint density at radius 1 is 1.28 bits per heavy atom. The third kappa shape index (κ3) is 2.76. The van der Waals surface area contributed by atoms with Gasteiger partial charge in [0, 0.05) is 20.1 Å². The van der Waals surface area contributed by atoms with Crippen LogP contribution in [0.1, 0.15) is 31.1 Å². The van der Waals surface area contributed by atoms with E-state index < -0.39 is 0 Å². The lowest BCUT2D eigenvalue weighted by Crippen LogP contribution is -2.18. The maximum absolute atomic E-state index is 4.52. The lowest BCUT2D eigenvalue weighted by molar-refractivity contribution is 0.565. The van der Waals surface area contributed by atoms with Crippen molar-refractivity contribution in [2.45, 2.75) is 39.9 Å². The summed E-state index contributed by atoms with van der Waals surface area (Å²) < 4.78 is 3.96. The molecule has 0 radical (unpaired) electrons. The summed E-state index contributed by atoms with van der Waals surface area (Å²) in [5, 5.41) is 15.8. The van der Waals surface area contributed by atoms with E-state index in [1.165, 1.54) is 5.69 Å². The molecule has 0 aliphatic carbocycles. The topological polar surface area (TPSA) is 60.6 Å². The smallest absolute Gasteiger partial charge is 0.146 e. The lowest BCUT2D eigenvalue weighted by atomic mass is 10.3. The molecule has 0 saturated heterocycles. The molecule has 1 N–H and O–H groups in total. The molecule has 0 spiro atoms. The van der Waals surface area contributed by atoms with Gasteiger partial charge in [0.05, 0.1) is 17.9 Å². The maximum atomic E-state index is 4.52. The number of hydrogen-bond donors (Lipinski definition) is 1. The maximum Gasteiger partial charge on any atom is 0.146 e. The molecule has 98 valence electrons. The average molecular weight is 248 g/mol. The molecule has 0 fully saturated rings. The van der Waals surface area contributed by atoms with Crippen LogP contribution in [0.4, 0.5) is 0 Å². The van der Waals surface area contributed by atoms with Crippen LogP contribution < -0.4 is 5.32 Å². The molecule has 0 saturated carbocycles. The first-order valence-electron chi connectivity index (χ1n) is 6.33. The molecule has 0 unspecified atom stereocenters. The first kappa shape index (κ1) is 12.8. The van der Waals surface area contributed by atoms with Crippen molar-refractivity contribution in [3.8, 4) is 0 Å². The largest absolute Gasteiger partial charge is 0.320 e. The highest BCUT2D eigenvalue weighted by Gasteiger charge is 2.06. The van der Waals surface area contributed by atoms with Crippen molar-refractivity contribution in [3.05, 3.63) is 29.6 Å². The van der Waals surface area contributed by atoms with Gasteiger partial charge in [-0.15, -0.1) is 10.2 Å². The van der Waals surface area contributed by atoms with Gasteiger partial charge < -0.3 is 9.88 Å². The molecule has 2 heterocycles. The Hall–Kier alpha value is -1.69. The van der Waals surface area contributed by atoms with Gasteiger partial charge in [-0.3, -0.25) is 4.68 Å². The Balaban J connectivity index is 1.93. The van der Waals surface area contributed by atoms with Crippen molar-refractivity contribution in [1.29, 1.82) is 0 Å². The van der Waals surface area contributed by atoms with Gasteiger partial charge in [-0.2, -0.15) is 5.10 Å². The Morgan fingerprint density at radius 2 is 2.11 bits per heavy atom. The second-order valence-corrected chi connectivity index (χ2v) is 4.26. The molecular formula is C12H20N6. The zero-order chi connectivity index (χ0) is 13.0. The summed E-state index contributed by atoms with van der Waals surface area (Å²) in [4.78, 5) is 0. The normalized spacial score (nSPS) is 11.1. The van der Waals surface area contributed by atoms with Crippen LogP contribution in [0, 0.1) is 0 Å². The molecule has 2 rings (SSSR count). The number of aromatic nitrogens is 5. The number of hydrogen-bond acceptors (Lipinski definition) is 4. The fraction of sp³-hybridized carbons (Fsp3) is 0.583. The molecule has 0 bridgehead atoms. The second-order valence-electron chi connectivity index (χ2n) is 4.26. The highest BCUT2D eigenvalue weighted by atomic mass is 15.3. The summed E-state index contributed by atoms with van der Waals surface area (Å²) in [6.07, 6.45) is 2.69. The first-order chi connectivity index (χ1) is 8.74. The highest BCUT2D eigenvalue weighted by molar-refractivity contribution is 5.10. The summed E-state index contributed by atoms with van der Waals surface area (Å²) in [5.41, 5.74) is 2.36. The Labute approximate surface area is 107 Å². The number of nitrogens with one attached hydrogen (secondary N) is 1. The third-order valence-corrected chi connectivity index (χ3v) is 2.97. The van der Waals surface area contributed by atoms with E-state index in [4.69, 9.17) is 0 Å². The van der Waals surface area contributed by atoms with E-state index in [1.54, 1.807) is 6.33 Å². The van der Waals surface area contributed by atoms with Crippen LogP contribution in [0.5, 0.6) is 0 Å². The van der Waals surface area contributed by atoms with Crippen LogP contribution in [0.15, 0.2) is 12.4 Å². The molecule has 0 amide bonds. The SMILES string of the molecule is CCc1cc(CNCc2nncn2C)n(CC)n1. The van der Waals surface area contributed by atoms with Gasteiger partial charge in [0.15, 0.2) is 0 Å². The van der Waals surface area contributed by atoms with E-state index in [0.29, 0.717) is 6.54 Å². The predicted octanol–water partition coefficient (Wildman–Crippen LogP) is 0.884. The minimum absolute atomic E-state index is 0.715. The van der Waals surface area contributed by atoms with Gasteiger partial charge in [0.2, 0.25) is 0 Å². The zero-order valence-electron chi connectivity index (χ0n) is 11.2. The van der Waals surface area contributed by atoms with Gasteiger partial charge in [0.25, 0.3) is 0 Å². The highest BCUT2D eigenvalue weighted by Crippen LogP contribution is 2.05. The number of aryl methyl sites for hydroxylation is 3. The molecule has 2 aromatic heterocycles. The second kappa shape index (κ2) is 5.77. The van der Waals surface area contributed by atoms with Crippen LogP contribution in [-0.2, 0) is 33.1 Å². The molecule has 0 atom stereocenters. The Kier molecular flexibility index (Phi) is 4.09. The summed E-state index contributed by atoms with van der Waals surface area (Å²) in [7, 11) is 1.95. The lowest BCUT2D eigenvalue weighted by Gasteiger charge is -2.06. The van der Waals surface area contributed by atoms with E-state index in [9.17, 15) is 0 Å². The summed E-state index contributed by atoms with van der Waals surface area (Å²) in [6, 6.07) is 2.16. The molecule has 2 aromatic rings. The first-order valence-corrected chi connectivity index (χ1v) is 6.33. The van der Waals surface area contributed by atoms with E-state index >= 15 is 0 Å². The molecular weight excluding hydrogens is 228 g/mol. The van der Waals surface area contributed by atoms with Crippen LogP contribution in [0.25, 0.3) is 0 Å². The van der Waals surface area contributed by atoms with Crippen molar-refractivity contribution in [1.82, 2.24) is 29.9 Å². The number of nitrogens with zero attached hydrogens (tertiary/aromatic N) is 5. The van der Waals surface area contributed by atoms with E-state index in [1.807, 2.05) is 16.3 Å². The minimum atomic E-state index is 0.715. The van der Waals surface area contributed by atoms with Gasteiger partial charge in [-0.05, 0) is 19.4 Å². The van der Waals surface area contributed by atoms with Gasteiger partial charge in [-0.25, -0.2) is 0 Å². The van der Waals surface area contributed by atoms with Gasteiger partial charge in [-0.1, -0.05) is 6.92 Å². The Bertz CT molecular complexity index is 498. The summed E-state index contributed by atoms with van der Waals surface area (Å²) >= 11 is 0. The van der Waals surface area contributed by atoms with Crippen molar-refractivity contribution in [2.24, 2.45) is 7.05 Å². The summed E-state index contributed by atoms with van der Waals surface area (Å²) in [6.45, 7) is 6.65. The molecule has 6 heteroatoms. The Morgan fingerprint density at radius 3 is 2.72 bits per heavy atom. The minimum Gasteiger partial charge on any atom is -0.320 e. The van der Waals surface area contributed by atoms with Crippen molar-refractivity contribution in [3.63, 3.8) is 0 Å². The predicted molar refractivity (Wildman–Crippen MR) is 68.8 cm³/mol. The van der Waals surface area contributed by atoms with Crippen LogP contribution in [-0.4, -0.2) is 24.5 Å². The third-order valence-electron chi connectivity index (χ3n) is 2.97. The average Bonchev–Trinajstić information content (AvgIpc) is 2.96. The van der Waals surface area contributed by atoms with Crippen molar-refractivity contribution < 1.29 is 0 Å². The molecule has 6 nitrogen and oxygen atoms in total. The van der Waals surface area contributed by atoms with E-state index in [2.05, 4.69) is 40.5 Å². The molecule has 0 aliphatic rings. The van der Waals surface area contributed by atoms with Crippen LogP contribution >= 0.6 is 0 Å². The molecule has 0 aromatic carbocycles. The van der Waals surface area contributed by atoms with E-state index in [-0.39, 0.29) is 0 Å². The monoisotopic (exact) mass is 248 g/mol. The van der Waals surface area contributed by atoms with Gasteiger partial charge in [0.1, 0.15) is 12.2 Å². The fourth-order valence-corrected chi connectivity index (χ4v) is 1.87. The van der Waals surface area contributed by atoms with Crippen LogP contribution in [0.2, 0.25) is 0 Å². The van der Waals surface area contributed by atoms with Crippen molar-refractivity contribution >= 4 is 0 Å². The summed E-state index contributed by atoms with van der Waals surface area (Å²) in [5.74, 6) is 0.938. The zero-order valence-corrected chi connectivity index (χ0v) is 11.2. The molecule has 0 aliphatic heterocycles. The standard InChI is InChI=1S/C12H20N6/c1-4-10-6-11(18(5-2)16-10)7-13-8-12-15-14-9-17(12)3/h6,9,13H,4-5,7-8H2,1-3H3. The number of rotatable bonds is 6. The van der Waals surface area contributed by atoms with Gasteiger partial charge >= 0.3 is 0 Å². The van der Waals surface area contributed by atoms with Crippen molar-refractivity contribution in [2.75, 3.05) is 0 Å². The van der Waals surface area contributed by atoms with Crippen LogP contribution in [0.3, 0.4) is 0 Å².